The Hall–Kier alpha value is -0.120. The summed E-state index contributed by atoms with van der Waals surface area (Å²) in [7, 11) is 2.22. The molecule has 0 saturated carbocycles. The standard InChI is InChI=1S/C14H28N2O/c1-4-14(5-2)10-12(7-9-17-14)15-13-6-8-16(3)11-13/h12-13,15H,4-11H2,1-3H3. The molecular formula is C14H28N2O. The Morgan fingerprint density at radius 3 is 2.59 bits per heavy atom. The van der Waals surface area contributed by atoms with Gasteiger partial charge >= 0.3 is 0 Å². The Balaban J connectivity index is 1.85. The molecule has 3 nitrogen and oxygen atoms in total. The third-order valence-electron chi connectivity index (χ3n) is 4.64. The van der Waals surface area contributed by atoms with Crippen molar-refractivity contribution in [3.05, 3.63) is 0 Å². The second-order valence-electron chi connectivity index (χ2n) is 5.84. The molecule has 0 aromatic carbocycles. The van der Waals surface area contributed by atoms with Crippen LogP contribution < -0.4 is 5.32 Å². The molecule has 0 amide bonds. The van der Waals surface area contributed by atoms with Crippen molar-refractivity contribution in [3.63, 3.8) is 0 Å². The zero-order valence-electron chi connectivity index (χ0n) is 11.7. The van der Waals surface area contributed by atoms with Crippen LogP contribution in [0.4, 0.5) is 0 Å². The summed E-state index contributed by atoms with van der Waals surface area (Å²) in [5.74, 6) is 0. The topological polar surface area (TPSA) is 24.5 Å². The highest BCUT2D eigenvalue weighted by Crippen LogP contribution is 2.31. The molecule has 2 saturated heterocycles. The minimum absolute atomic E-state index is 0.153. The molecule has 0 spiro atoms. The van der Waals surface area contributed by atoms with Crippen LogP contribution in [-0.2, 0) is 4.74 Å². The highest BCUT2D eigenvalue weighted by Gasteiger charge is 2.35. The number of nitrogens with one attached hydrogen (secondary N) is 1. The Bertz CT molecular complexity index is 240. The summed E-state index contributed by atoms with van der Waals surface area (Å²) in [5, 5.41) is 3.85. The first-order valence-corrected chi connectivity index (χ1v) is 7.26. The molecule has 2 aliphatic heterocycles. The largest absolute Gasteiger partial charge is 0.375 e. The van der Waals surface area contributed by atoms with Gasteiger partial charge in [-0.15, -0.1) is 0 Å². The first kappa shape index (κ1) is 13.3. The van der Waals surface area contributed by atoms with E-state index in [1.54, 1.807) is 0 Å². The van der Waals surface area contributed by atoms with Crippen molar-refractivity contribution >= 4 is 0 Å². The zero-order chi connectivity index (χ0) is 12.3. The van der Waals surface area contributed by atoms with Crippen LogP contribution >= 0.6 is 0 Å². The maximum absolute atomic E-state index is 6.03. The number of ether oxygens (including phenoxy) is 1. The lowest BCUT2D eigenvalue weighted by atomic mass is 9.85. The van der Waals surface area contributed by atoms with Gasteiger partial charge in [-0.3, -0.25) is 0 Å². The van der Waals surface area contributed by atoms with Crippen molar-refractivity contribution in [2.24, 2.45) is 0 Å². The first-order chi connectivity index (χ1) is 8.17. The highest BCUT2D eigenvalue weighted by atomic mass is 16.5. The fraction of sp³-hybridized carbons (Fsp3) is 1.00. The monoisotopic (exact) mass is 240 g/mol. The van der Waals surface area contributed by atoms with Gasteiger partial charge in [-0.05, 0) is 45.7 Å². The predicted octanol–water partition coefficient (Wildman–Crippen LogP) is 2.02. The third kappa shape index (κ3) is 3.21. The number of hydrogen-bond acceptors (Lipinski definition) is 3. The number of nitrogens with zero attached hydrogens (tertiary/aromatic N) is 1. The van der Waals surface area contributed by atoms with E-state index in [-0.39, 0.29) is 5.60 Å². The molecule has 2 atom stereocenters. The summed E-state index contributed by atoms with van der Waals surface area (Å²) in [5.41, 5.74) is 0.153. The summed E-state index contributed by atoms with van der Waals surface area (Å²) in [6.45, 7) is 7.91. The summed E-state index contributed by atoms with van der Waals surface area (Å²) < 4.78 is 6.03. The molecule has 2 rings (SSSR count). The maximum atomic E-state index is 6.03. The quantitative estimate of drug-likeness (QED) is 0.813. The first-order valence-electron chi connectivity index (χ1n) is 7.26. The Morgan fingerprint density at radius 2 is 2.00 bits per heavy atom. The van der Waals surface area contributed by atoms with E-state index in [0.29, 0.717) is 12.1 Å². The van der Waals surface area contributed by atoms with E-state index in [0.717, 1.165) is 19.4 Å². The van der Waals surface area contributed by atoms with Crippen molar-refractivity contribution in [3.8, 4) is 0 Å². The molecule has 2 fully saturated rings. The smallest absolute Gasteiger partial charge is 0.0692 e. The molecule has 17 heavy (non-hydrogen) atoms. The van der Waals surface area contributed by atoms with Gasteiger partial charge < -0.3 is 15.0 Å². The van der Waals surface area contributed by atoms with Gasteiger partial charge in [0.25, 0.3) is 0 Å². The lowest BCUT2D eigenvalue weighted by Crippen LogP contribution is -2.49. The van der Waals surface area contributed by atoms with E-state index in [1.165, 1.54) is 32.4 Å². The minimum Gasteiger partial charge on any atom is -0.375 e. The summed E-state index contributed by atoms with van der Waals surface area (Å²) in [6, 6.07) is 1.37. The predicted molar refractivity (Wildman–Crippen MR) is 71.3 cm³/mol. The van der Waals surface area contributed by atoms with Crippen LogP contribution in [0, 0.1) is 0 Å². The van der Waals surface area contributed by atoms with Crippen molar-refractivity contribution in [1.29, 1.82) is 0 Å². The van der Waals surface area contributed by atoms with E-state index in [4.69, 9.17) is 4.74 Å². The summed E-state index contributed by atoms with van der Waals surface area (Å²) in [6.07, 6.45) is 5.97. The van der Waals surface area contributed by atoms with Crippen molar-refractivity contribution in [2.75, 3.05) is 26.7 Å². The molecule has 2 aliphatic rings. The fourth-order valence-electron chi connectivity index (χ4n) is 3.32. The van der Waals surface area contributed by atoms with Gasteiger partial charge in [-0.25, -0.2) is 0 Å². The molecule has 3 heteroatoms. The van der Waals surface area contributed by atoms with Crippen LogP contribution in [0.1, 0.15) is 46.0 Å². The van der Waals surface area contributed by atoms with E-state index < -0.39 is 0 Å². The van der Waals surface area contributed by atoms with Gasteiger partial charge in [-0.1, -0.05) is 13.8 Å². The molecule has 2 unspecified atom stereocenters. The van der Waals surface area contributed by atoms with E-state index >= 15 is 0 Å². The van der Waals surface area contributed by atoms with Crippen LogP contribution in [0.15, 0.2) is 0 Å². The van der Waals surface area contributed by atoms with Gasteiger partial charge in [0.1, 0.15) is 0 Å². The summed E-state index contributed by atoms with van der Waals surface area (Å²) >= 11 is 0. The van der Waals surface area contributed by atoms with Crippen LogP contribution in [-0.4, -0.2) is 49.3 Å². The Kier molecular flexibility index (Phi) is 4.45. The molecule has 0 aromatic rings. The third-order valence-corrected chi connectivity index (χ3v) is 4.64. The van der Waals surface area contributed by atoms with Crippen LogP contribution in [0.3, 0.4) is 0 Å². The zero-order valence-corrected chi connectivity index (χ0v) is 11.7. The van der Waals surface area contributed by atoms with Crippen LogP contribution in [0.25, 0.3) is 0 Å². The Labute approximate surface area is 106 Å². The number of hydrogen-bond donors (Lipinski definition) is 1. The molecule has 0 radical (unpaired) electrons. The lowest BCUT2D eigenvalue weighted by Gasteiger charge is -2.41. The second kappa shape index (κ2) is 5.68. The van der Waals surface area contributed by atoms with Gasteiger partial charge in [0, 0.05) is 25.2 Å². The van der Waals surface area contributed by atoms with E-state index in [2.05, 4.69) is 31.1 Å². The molecule has 0 bridgehead atoms. The molecule has 0 aromatic heterocycles. The van der Waals surface area contributed by atoms with E-state index in [9.17, 15) is 0 Å². The second-order valence-corrected chi connectivity index (χ2v) is 5.84. The number of likely N-dealkylation sites (N-methyl/N-ethyl adjacent to an activating group) is 1. The number of likely N-dealkylation sites (tertiary alicyclic amines) is 1. The van der Waals surface area contributed by atoms with E-state index in [1.807, 2.05) is 0 Å². The van der Waals surface area contributed by atoms with Crippen LogP contribution in [0.2, 0.25) is 0 Å². The molecular weight excluding hydrogens is 212 g/mol. The molecule has 1 N–H and O–H groups in total. The summed E-state index contributed by atoms with van der Waals surface area (Å²) in [4.78, 5) is 2.42. The molecule has 0 aliphatic carbocycles. The van der Waals surface area contributed by atoms with Crippen molar-refractivity contribution in [2.45, 2.75) is 63.6 Å². The van der Waals surface area contributed by atoms with Crippen LogP contribution in [0.5, 0.6) is 0 Å². The van der Waals surface area contributed by atoms with Crippen molar-refractivity contribution in [1.82, 2.24) is 10.2 Å². The van der Waals surface area contributed by atoms with Gasteiger partial charge in [-0.2, -0.15) is 0 Å². The average Bonchev–Trinajstić information content (AvgIpc) is 2.75. The highest BCUT2D eigenvalue weighted by molar-refractivity contribution is 4.91. The fourth-order valence-corrected chi connectivity index (χ4v) is 3.32. The molecule has 100 valence electrons. The van der Waals surface area contributed by atoms with Crippen molar-refractivity contribution < 1.29 is 4.74 Å². The van der Waals surface area contributed by atoms with Gasteiger partial charge in [0.05, 0.1) is 5.60 Å². The van der Waals surface area contributed by atoms with Gasteiger partial charge in [0.15, 0.2) is 0 Å². The average molecular weight is 240 g/mol. The Morgan fingerprint density at radius 1 is 1.24 bits per heavy atom. The van der Waals surface area contributed by atoms with Gasteiger partial charge in [0.2, 0.25) is 0 Å². The SMILES string of the molecule is CCC1(CC)CC(NC2CCN(C)C2)CCO1. The normalized spacial score (nSPS) is 34.1. The number of rotatable bonds is 4. The molecule has 2 heterocycles. The minimum atomic E-state index is 0.153. The maximum Gasteiger partial charge on any atom is 0.0692 e. The lowest BCUT2D eigenvalue weighted by molar-refractivity contribution is -0.0939.